The summed E-state index contributed by atoms with van der Waals surface area (Å²) in [4.78, 5) is 0. The molecule has 1 aromatic rings. The number of methoxy groups -OCH3 is 1. The van der Waals surface area contributed by atoms with Gasteiger partial charge in [0.25, 0.3) is 0 Å². The molecule has 176 valence electrons. The molecule has 0 amide bonds. The molecule has 4 rings (SSSR count). The average molecular weight is 441 g/mol. The van der Waals surface area contributed by atoms with Gasteiger partial charge in [0.05, 0.1) is 33.0 Å². The fourth-order valence-electron chi connectivity index (χ4n) is 6.47. The Hall–Kier alpha value is -1.62. The highest BCUT2D eigenvalue weighted by Crippen LogP contribution is 2.62. The summed E-state index contributed by atoms with van der Waals surface area (Å²) in [6.07, 6.45) is 9.12. The molecule has 32 heavy (non-hydrogen) atoms. The molecule has 2 aliphatic carbocycles. The lowest BCUT2D eigenvalue weighted by Gasteiger charge is -2.58. The first-order valence-electron chi connectivity index (χ1n) is 12.1. The second-order valence-electron chi connectivity index (χ2n) is 10.7. The molecule has 1 N–H and O–H groups in total. The van der Waals surface area contributed by atoms with Crippen molar-refractivity contribution in [1.82, 2.24) is 0 Å². The summed E-state index contributed by atoms with van der Waals surface area (Å²) in [5.74, 6) is 1.96. The fraction of sp³-hybridized carbons (Fsp3) is 0.643. The van der Waals surface area contributed by atoms with Crippen molar-refractivity contribution in [3.8, 4) is 5.75 Å². The highest BCUT2D eigenvalue weighted by molar-refractivity contribution is 5.27. The van der Waals surface area contributed by atoms with Crippen LogP contribution in [0.4, 0.5) is 0 Å². The van der Waals surface area contributed by atoms with Crippen molar-refractivity contribution in [2.24, 2.45) is 22.7 Å². The number of fused-ring (bicyclic) bond motifs is 1. The minimum Gasteiger partial charge on any atom is -0.497 e. The Morgan fingerprint density at radius 3 is 2.56 bits per heavy atom. The average Bonchev–Trinajstić information content (AvgIpc) is 3.60. The lowest BCUT2D eigenvalue weighted by molar-refractivity contribution is -0.0822. The highest BCUT2D eigenvalue weighted by atomic mass is 16.6. The lowest BCUT2D eigenvalue weighted by Crippen LogP contribution is -2.52. The van der Waals surface area contributed by atoms with Crippen LogP contribution in [0.15, 0.2) is 48.6 Å². The van der Waals surface area contributed by atoms with Crippen molar-refractivity contribution < 1.29 is 19.3 Å². The van der Waals surface area contributed by atoms with Crippen molar-refractivity contribution in [3.63, 3.8) is 0 Å². The Bertz CT molecular complexity index is 839. The molecule has 6 atom stereocenters. The summed E-state index contributed by atoms with van der Waals surface area (Å²) in [6.45, 7) is 13.0. The number of hydrogen-bond donors (Lipinski definition) is 1. The number of epoxide rings is 1. The molecule has 1 saturated heterocycles. The van der Waals surface area contributed by atoms with Crippen molar-refractivity contribution in [2.75, 3.05) is 20.3 Å². The maximum Gasteiger partial charge on any atom is 0.135 e. The van der Waals surface area contributed by atoms with Gasteiger partial charge in [0.1, 0.15) is 11.4 Å². The number of ether oxygens (including phenoxy) is 3. The van der Waals surface area contributed by atoms with Crippen molar-refractivity contribution in [3.05, 3.63) is 54.1 Å². The third kappa shape index (κ3) is 4.18. The van der Waals surface area contributed by atoms with E-state index in [1.165, 1.54) is 24.8 Å². The zero-order valence-electron chi connectivity index (χ0n) is 20.2. The maximum atomic E-state index is 11.1. The van der Waals surface area contributed by atoms with Gasteiger partial charge in [-0.15, -0.1) is 6.58 Å². The van der Waals surface area contributed by atoms with Gasteiger partial charge >= 0.3 is 0 Å². The van der Waals surface area contributed by atoms with Crippen molar-refractivity contribution >= 4 is 0 Å². The Labute approximate surface area is 193 Å². The molecular weight excluding hydrogens is 400 g/mol. The van der Waals surface area contributed by atoms with Gasteiger partial charge in [0.15, 0.2) is 0 Å². The zero-order valence-corrected chi connectivity index (χ0v) is 20.2. The molecule has 1 aromatic carbocycles. The minimum atomic E-state index is -0.522. The van der Waals surface area contributed by atoms with E-state index in [1.807, 2.05) is 12.1 Å². The molecule has 0 unspecified atom stereocenters. The molecule has 1 saturated carbocycles. The van der Waals surface area contributed by atoms with Crippen LogP contribution < -0.4 is 4.74 Å². The Morgan fingerprint density at radius 1 is 1.22 bits per heavy atom. The normalized spacial score (nSPS) is 37.2. The fourth-order valence-corrected chi connectivity index (χ4v) is 6.47. The molecule has 0 bridgehead atoms. The number of aliphatic hydroxyl groups excluding tert-OH is 1. The molecular formula is C28H40O4. The van der Waals surface area contributed by atoms with Crippen LogP contribution in [0.25, 0.3) is 0 Å². The summed E-state index contributed by atoms with van der Waals surface area (Å²) in [5, 5.41) is 11.1. The first kappa shape index (κ1) is 23.5. The van der Waals surface area contributed by atoms with Crippen LogP contribution in [0.1, 0.15) is 58.4 Å². The molecule has 2 fully saturated rings. The van der Waals surface area contributed by atoms with Gasteiger partial charge in [-0.1, -0.05) is 45.1 Å². The third-order valence-electron chi connectivity index (χ3n) is 9.07. The van der Waals surface area contributed by atoms with Crippen LogP contribution in [0.5, 0.6) is 5.75 Å². The van der Waals surface area contributed by atoms with Crippen LogP contribution in [-0.4, -0.2) is 37.1 Å². The summed E-state index contributed by atoms with van der Waals surface area (Å²) >= 11 is 0. The van der Waals surface area contributed by atoms with Gasteiger partial charge < -0.3 is 19.3 Å². The monoisotopic (exact) mass is 440 g/mol. The molecule has 1 aliphatic heterocycles. The minimum absolute atomic E-state index is 0.0594. The van der Waals surface area contributed by atoms with E-state index in [9.17, 15) is 5.11 Å². The standard InChI is InChI=1S/C28H40O4/c1-6-28(19-32-28)25(29)16-27(4)20(2)14-15-26(3)22(8-7-9-24(26)27)18-31-17-21-10-12-23(30-5)13-11-21/h6,8,10-13,20,24-25,29H,1,7,9,14-19H2,2-5H3/t20-,24-,25-,26-,27-,28+/m1/s1. The topological polar surface area (TPSA) is 51.2 Å². The molecule has 4 heteroatoms. The predicted molar refractivity (Wildman–Crippen MR) is 128 cm³/mol. The number of hydrogen-bond acceptors (Lipinski definition) is 4. The van der Waals surface area contributed by atoms with Gasteiger partial charge in [-0.2, -0.15) is 0 Å². The number of benzene rings is 1. The van der Waals surface area contributed by atoms with Crippen LogP contribution in [-0.2, 0) is 16.1 Å². The smallest absolute Gasteiger partial charge is 0.135 e. The van der Waals surface area contributed by atoms with Crippen molar-refractivity contribution in [1.29, 1.82) is 0 Å². The summed E-state index contributed by atoms with van der Waals surface area (Å²) < 4.78 is 17.1. The van der Waals surface area contributed by atoms with E-state index in [-0.39, 0.29) is 10.8 Å². The third-order valence-corrected chi connectivity index (χ3v) is 9.07. The van der Waals surface area contributed by atoms with Gasteiger partial charge in [0.2, 0.25) is 0 Å². The van der Waals surface area contributed by atoms with Crippen LogP contribution in [0.3, 0.4) is 0 Å². The van der Waals surface area contributed by atoms with E-state index in [0.29, 0.717) is 31.7 Å². The van der Waals surface area contributed by atoms with Crippen molar-refractivity contribution in [2.45, 2.75) is 71.2 Å². The second kappa shape index (κ2) is 8.96. The summed E-state index contributed by atoms with van der Waals surface area (Å²) in [6, 6.07) is 8.09. The Balaban J connectivity index is 1.46. The number of allylic oxidation sites excluding steroid dienone is 1. The quantitative estimate of drug-likeness (QED) is 0.395. The first-order valence-corrected chi connectivity index (χ1v) is 12.1. The maximum absolute atomic E-state index is 11.1. The predicted octanol–water partition coefficient (Wildman–Crippen LogP) is 5.70. The highest BCUT2D eigenvalue weighted by Gasteiger charge is 2.57. The zero-order chi connectivity index (χ0) is 23.0. The molecule has 1 heterocycles. The molecule has 0 radical (unpaired) electrons. The molecule has 0 spiro atoms. The van der Waals surface area contributed by atoms with Crippen LogP contribution >= 0.6 is 0 Å². The van der Waals surface area contributed by atoms with E-state index < -0.39 is 11.7 Å². The molecule has 4 nitrogen and oxygen atoms in total. The van der Waals surface area contributed by atoms with E-state index in [2.05, 4.69) is 45.6 Å². The summed E-state index contributed by atoms with van der Waals surface area (Å²) in [7, 11) is 1.69. The first-order chi connectivity index (χ1) is 15.3. The molecule has 3 aliphatic rings. The van der Waals surface area contributed by atoms with E-state index >= 15 is 0 Å². The molecule has 0 aromatic heterocycles. The van der Waals surface area contributed by atoms with Crippen LogP contribution in [0.2, 0.25) is 0 Å². The van der Waals surface area contributed by atoms with Gasteiger partial charge in [0, 0.05) is 0 Å². The Kier molecular flexibility index (Phi) is 6.59. The summed E-state index contributed by atoms with van der Waals surface area (Å²) in [5.41, 5.74) is 2.25. The van der Waals surface area contributed by atoms with Gasteiger partial charge in [-0.05, 0) is 78.0 Å². The van der Waals surface area contributed by atoms with Gasteiger partial charge in [-0.25, -0.2) is 0 Å². The second-order valence-corrected chi connectivity index (χ2v) is 10.7. The van der Waals surface area contributed by atoms with E-state index in [0.717, 1.165) is 24.2 Å². The number of aliphatic hydroxyl groups is 1. The lowest BCUT2D eigenvalue weighted by atomic mass is 9.46. The largest absolute Gasteiger partial charge is 0.497 e. The SMILES string of the molecule is C=C[C@@]1([C@H](O)C[C@]2(C)[C@H](C)CC[C@]3(C)C(COCc4ccc(OC)cc4)=CCC[C@@H]23)CO1. The van der Waals surface area contributed by atoms with E-state index in [4.69, 9.17) is 14.2 Å². The van der Waals surface area contributed by atoms with E-state index in [1.54, 1.807) is 13.2 Å². The Morgan fingerprint density at radius 2 is 1.94 bits per heavy atom. The van der Waals surface area contributed by atoms with Crippen LogP contribution in [0, 0.1) is 22.7 Å². The van der Waals surface area contributed by atoms with Gasteiger partial charge in [-0.3, -0.25) is 0 Å². The number of rotatable bonds is 9.